The van der Waals surface area contributed by atoms with Crippen molar-refractivity contribution < 1.29 is 14.3 Å². The Morgan fingerprint density at radius 2 is 1.52 bits per heavy atom. The van der Waals surface area contributed by atoms with Crippen LogP contribution in [-0.4, -0.2) is 17.9 Å². The number of unbranched alkanes of at least 4 members (excludes halogenated alkanes) is 4. The third-order valence-electron chi connectivity index (χ3n) is 4.42. The number of carbonyl (C=O) groups is 2. The molecule has 0 aliphatic heterocycles. The molecule has 0 saturated carbocycles. The molecule has 0 heterocycles. The number of hydrogen-bond donors (Lipinski definition) is 1. The molecule has 4 nitrogen and oxygen atoms in total. The van der Waals surface area contributed by atoms with Crippen LogP contribution >= 0.6 is 0 Å². The van der Waals surface area contributed by atoms with E-state index < -0.39 is 18.1 Å². The smallest absolute Gasteiger partial charge is 0.342 e. The van der Waals surface area contributed by atoms with Gasteiger partial charge in [0, 0.05) is 13.3 Å². The quantitative estimate of drug-likeness (QED) is 0.380. The normalized spacial score (nSPS) is 11.3. The van der Waals surface area contributed by atoms with Gasteiger partial charge in [0.25, 0.3) is 0 Å². The maximum atomic E-state index is 12.9. The molecule has 0 aliphatic rings. The lowest BCUT2D eigenvalue weighted by Crippen LogP contribution is -2.40. The summed E-state index contributed by atoms with van der Waals surface area (Å²) in [5.74, 6) is 5.02. The predicted octanol–water partition coefficient (Wildman–Crippen LogP) is 4.80. The van der Waals surface area contributed by atoms with Crippen LogP contribution in [-0.2, 0) is 14.3 Å². The first-order valence-electron chi connectivity index (χ1n) is 10.2. The molecular weight excluding hydrogens is 362 g/mol. The zero-order chi connectivity index (χ0) is 20.9. The molecule has 0 radical (unpaired) electrons. The highest BCUT2D eigenvalue weighted by Gasteiger charge is 2.25. The molecule has 0 bridgehead atoms. The van der Waals surface area contributed by atoms with Crippen LogP contribution in [0, 0.1) is 11.8 Å². The minimum absolute atomic E-state index is 0.316. The summed E-state index contributed by atoms with van der Waals surface area (Å²) >= 11 is 0. The standard InChI is InChI=1S/C25H29NO3/c1-3-4-5-6-7-14-19-23(26-20(2)27)25(28)29-24(21-15-10-8-11-16-21)22-17-12-9-13-18-22/h8-13,15-18,23-24H,3-7H2,1-2H3,(H,26,27). The molecule has 29 heavy (non-hydrogen) atoms. The van der Waals surface area contributed by atoms with Crippen LogP contribution in [0.4, 0.5) is 0 Å². The molecule has 2 aromatic rings. The van der Waals surface area contributed by atoms with E-state index in [0.717, 1.165) is 30.4 Å². The van der Waals surface area contributed by atoms with Crippen LogP contribution in [0.3, 0.4) is 0 Å². The van der Waals surface area contributed by atoms with E-state index in [1.807, 2.05) is 60.7 Å². The molecular formula is C25H29NO3. The van der Waals surface area contributed by atoms with Gasteiger partial charge in [0.2, 0.25) is 5.91 Å². The number of carbonyl (C=O) groups excluding carboxylic acids is 2. The minimum atomic E-state index is -0.978. The largest absolute Gasteiger partial charge is 0.450 e. The lowest BCUT2D eigenvalue weighted by molar-refractivity contribution is -0.149. The Balaban J connectivity index is 2.15. The number of nitrogens with one attached hydrogen (secondary N) is 1. The fraction of sp³-hybridized carbons (Fsp3) is 0.360. The van der Waals surface area contributed by atoms with Gasteiger partial charge in [-0.3, -0.25) is 4.79 Å². The molecule has 4 heteroatoms. The molecule has 2 aromatic carbocycles. The maximum Gasteiger partial charge on any atom is 0.342 e. The van der Waals surface area contributed by atoms with Crippen LogP contribution in [0.1, 0.15) is 63.2 Å². The molecule has 0 fully saturated rings. The molecule has 1 atom stereocenters. The summed E-state index contributed by atoms with van der Waals surface area (Å²) in [5, 5.41) is 2.60. The molecule has 0 aromatic heterocycles. The average Bonchev–Trinajstić information content (AvgIpc) is 2.74. The highest BCUT2D eigenvalue weighted by molar-refractivity contribution is 5.86. The van der Waals surface area contributed by atoms with E-state index in [9.17, 15) is 9.59 Å². The van der Waals surface area contributed by atoms with Gasteiger partial charge in [-0.1, -0.05) is 92.8 Å². The Hall–Kier alpha value is -3.06. The van der Waals surface area contributed by atoms with Crippen molar-refractivity contribution in [3.8, 4) is 11.8 Å². The number of benzene rings is 2. The van der Waals surface area contributed by atoms with E-state index in [1.54, 1.807) is 0 Å². The molecule has 1 amide bonds. The molecule has 0 aliphatic carbocycles. The summed E-state index contributed by atoms with van der Waals surface area (Å²) in [7, 11) is 0. The summed E-state index contributed by atoms with van der Waals surface area (Å²) in [6.07, 6.45) is 4.57. The van der Waals surface area contributed by atoms with Crippen LogP contribution in [0.2, 0.25) is 0 Å². The first-order chi connectivity index (χ1) is 14.1. The third kappa shape index (κ3) is 7.83. The summed E-state index contributed by atoms with van der Waals surface area (Å²) in [5.41, 5.74) is 1.72. The van der Waals surface area contributed by atoms with Gasteiger partial charge in [0.05, 0.1) is 0 Å². The average molecular weight is 392 g/mol. The Bertz CT molecular complexity index is 782. The second kappa shape index (κ2) is 12.4. The Morgan fingerprint density at radius 1 is 0.931 bits per heavy atom. The van der Waals surface area contributed by atoms with Crippen molar-refractivity contribution in [1.29, 1.82) is 0 Å². The van der Waals surface area contributed by atoms with Crippen molar-refractivity contribution in [1.82, 2.24) is 5.32 Å². The summed E-state index contributed by atoms with van der Waals surface area (Å²) in [6, 6.07) is 18.1. The maximum absolute atomic E-state index is 12.9. The lowest BCUT2D eigenvalue weighted by Gasteiger charge is -2.21. The van der Waals surface area contributed by atoms with Gasteiger partial charge in [-0.05, 0) is 17.5 Å². The first kappa shape index (κ1) is 22.2. The zero-order valence-corrected chi connectivity index (χ0v) is 17.2. The third-order valence-corrected chi connectivity index (χ3v) is 4.42. The van der Waals surface area contributed by atoms with Crippen LogP contribution in [0.15, 0.2) is 60.7 Å². The van der Waals surface area contributed by atoms with E-state index in [4.69, 9.17) is 4.74 Å². The van der Waals surface area contributed by atoms with Crippen molar-refractivity contribution in [2.45, 2.75) is 58.1 Å². The molecule has 0 spiro atoms. The molecule has 2 rings (SSSR count). The Morgan fingerprint density at radius 3 is 2.03 bits per heavy atom. The van der Waals surface area contributed by atoms with Crippen LogP contribution in [0.5, 0.6) is 0 Å². The van der Waals surface area contributed by atoms with Crippen LogP contribution in [0.25, 0.3) is 0 Å². The number of rotatable bonds is 9. The second-order valence-corrected chi connectivity index (χ2v) is 6.90. The topological polar surface area (TPSA) is 55.4 Å². The van der Waals surface area contributed by atoms with E-state index in [1.165, 1.54) is 13.3 Å². The van der Waals surface area contributed by atoms with E-state index >= 15 is 0 Å². The highest BCUT2D eigenvalue weighted by Crippen LogP contribution is 2.26. The van der Waals surface area contributed by atoms with Crippen molar-refractivity contribution in [2.75, 3.05) is 0 Å². The molecule has 1 N–H and O–H groups in total. The van der Waals surface area contributed by atoms with E-state index in [-0.39, 0.29) is 5.91 Å². The van der Waals surface area contributed by atoms with Gasteiger partial charge >= 0.3 is 5.97 Å². The number of esters is 1. The van der Waals surface area contributed by atoms with Crippen molar-refractivity contribution in [2.24, 2.45) is 0 Å². The predicted molar refractivity (Wildman–Crippen MR) is 115 cm³/mol. The highest BCUT2D eigenvalue weighted by atomic mass is 16.5. The van der Waals surface area contributed by atoms with Gasteiger partial charge in [-0.25, -0.2) is 4.79 Å². The van der Waals surface area contributed by atoms with Crippen molar-refractivity contribution >= 4 is 11.9 Å². The van der Waals surface area contributed by atoms with Crippen LogP contribution < -0.4 is 5.32 Å². The summed E-state index contributed by atoms with van der Waals surface area (Å²) in [4.78, 5) is 24.4. The molecule has 152 valence electrons. The van der Waals surface area contributed by atoms with Gasteiger partial charge in [0.1, 0.15) is 0 Å². The Labute approximate surface area is 173 Å². The fourth-order valence-corrected chi connectivity index (χ4v) is 2.94. The number of ether oxygens (including phenoxy) is 1. The Kier molecular flexibility index (Phi) is 9.51. The number of hydrogen-bond acceptors (Lipinski definition) is 3. The zero-order valence-electron chi connectivity index (χ0n) is 17.2. The van der Waals surface area contributed by atoms with Gasteiger partial charge in [-0.15, -0.1) is 5.92 Å². The lowest BCUT2D eigenvalue weighted by atomic mass is 10.0. The fourth-order valence-electron chi connectivity index (χ4n) is 2.94. The second-order valence-electron chi connectivity index (χ2n) is 6.90. The number of amides is 1. The minimum Gasteiger partial charge on any atom is -0.450 e. The van der Waals surface area contributed by atoms with E-state index in [0.29, 0.717) is 6.42 Å². The first-order valence-corrected chi connectivity index (χ1v) is 10.2. The van der Waals surface area contributed by atoms with Crippen molar-refractivity contribution in [3.63, 3.8) is 0 Å². The SMILES string of the molecule is CCCCCCC#CC(NC(C)=O)C(=O)OC(c1ccccc1)c1ccccc1. The summed E-state index contributed by atoms with van der Waals surface area (Å²) in [6.45, 7) is 3.53. The summed E-state index contributed by atoms with van der Waals surface area (Å²) < 4.78 is 5.83. The molecule has 0 saturated heterocycles. The monoisotopic (exact) mass is 391 g/mol. The van der Waals surface area contributed by atoms with Gasteiger partial charge in [-0.2, -0.15) is 0 Å². The van der Waals surface area contributed by atoms with Gasteiger partial charge < -0.3 is 10.1 Å². The van der Waals surface area contributed by atoms with Crippen molar-refractivity contribution in [3.05, 3.63) is 71.8 Å². The van der Waals surface area contributed by atoms with E-state index in [2.05, 4.69) is 24.1 Å². The van der Waals surface area contributed by atoms with Gasteiger partial charge in [0.15, 0.2) is 12.1 Å². The molecule has 1 unspecified atom stereocenters.